The first-order valence-electron chi connectivity index (χ1n) is 6.83. The van der Waals surface area contributed by atoms with Gasteiger partial charge in [-0.1, -0.05) is 19.1 Å². The first kappa shape index (κ1) is 15.2. The normalized spacial score (nSPS) is 12.6. The molecule has 0 aliphatic carbocycles. The van der Waals surface area contributed by atoms with Gasteiger partial charge in [0.15, 0.2) is 0 Å². The van der Waals surface area contributed by atoms with Crippen LogP contribution in [0.4, 0.5) is 0 Å². The van der Waals surface area contributed by atoms with Crippen LogP contribution in [0.3, 0.4) is 0 Å². The van der Waals surface area contributed by atoms with Crippen molar-refractivity contribution in [3.8, 4) is 0 Å². The molecule has 3 nitrogen and oxygen atoms in total. The maximum atomic E-state index is 12.0. The lowest BCUT2D eigenvalue weighted by atomic mass is 10.1. The molecule has 5 heteroatoms. The van der Waals surface area contributed by atoms with Crippen LogP contribution in [0.2, 0.25) is 0 Å². The van der Waals surface area contributed by atoms with Gasteiger partial charge in [-0.05, 0) is 36.2 Å². The molecular weight excluding hydrogens is 288 g/mol. The van der Waals surface area contributed by atoms with Crippen LogP contribution in [-0.4, -0.2) is 18.5 Å². The van der Waals surface area contributed by atoms with Crippen molar-refractivity contribution in [1.82, 2.24) is 10.6 Å². The molecule has 2 heterocycles. The second-order valence-corrected chi connectivity index (χ2v) is 6.60. The van der Waals surface area contributed by atoms with Crippen molar-refractivity contribution in [2.45, 2.75) is 32.4 Å². The smallest absolute Gasteiger partial charge is 0.236 e. The van der Waals surface area contributed by atoms with Gasteiger partial charge in [-0.15, -0.1) is 22.7 Å². The van der Waals surface area contributed by atoms with Gasteiger partial charge in [0.05, 0.1) is 12.1 Å². The molecule has 0 radical (unpaired) electrons. The Morgan fingerprint density at radius 2 is 1.80 bits per heavy atom. The van der Waals surface area contributed by atoms with Crippen LogP contribution in [-0.2, 0) is 4.79 Å². The van der Waals surface area contributed by atoms with Crippen molar-refractivity contribution in [1.29, 1.82) is 0 Å². The minimum absolute atomic E-state index is 0.0602. The third-order valence-corrected chi connectivity index (χ3v) is 4.89. The van der Waals surface area contributed by atoms with Crippen LogP contribution in [0.1, 0.15) is 36.1 Å². The van der Waals surface area contributed by atoms with Crippen LogP contribution < -0.4 is 10.6 Å². The largest absolute Gasteiger partial charge is 0.355 e. The summed E-state index contributed by atoms with van der Waals surface area (Å²) in [5.41, 5.74) is 0. The number of thiophene rings is 2. The van der Waals surface area contributed by atoms with Crippen molar-refractivity contribution < 1.29 is 4.79 Å². The molecule has 0 saturated carbocycles. The summed E-state index contributed by atoms with van der Waals surface area (Å²) in [4.78, 5) is 14.5. The van der Waals surface area contributed by atoms with E-state index in [2.05, 4.69) is 40.5 Å². The fraction of sp³-hybridized carbons (Fsp3) is 0.400. The third kappa shape index (κ3) is 3.91. The van der Waals surface area contributed by atoms with E-state index in [9.17, 15) is 4.79 Å². The lowest BCUT2D eigenvalue weighted by molar-refractivity contribution is -0.122. The van der Waals surface area contributed by atoms with Gasteiger partial charge in [-0.25, -0.2) is 0 Å². The zero-order chi connectivity index (χ0) is 14.4. The zero-order valence-corrected chi connectivity index (χ0v) is 13.4. The van der Waals surface area contributed by atoms with Gasteiger partial charge in [0.1, 0.15) is 0 Å². The Morgan fingerprint density at radius 1 is 1.20 bits per heavy atom. The number of rotatable bonds is 7. The van der Waals surface area contributed by atoms with E-state index in [1.165, 1.54) is 9.75 Å². The monoisotopic (exact) mass is 308 g/mol. The van der Waals surface area contributed by atoms with Gasteiger partial charge in [0.25, 0.3) is 0 Å². The Morgan fingerprint density at radius 3 is 2.25 bits per heavy atom. The van der Waals surface area contributed by atoms with E-state index in [-0.39, 0.29) is 18.0 Å². The molecule has 0 bridgehead atoms. The van der Waals surface area contributed by atoms with E-state index >= 15 is 0 Å². The topological polar surface area (TPSA) is 41.1 Å². The number of carbonyl (C=O) groups excluding carboxylic acids is 1. The number of amides is 1. The molecule has 0 aliphatic rings. The molecular formula is C15H20N2OS2. The highest BCUT2D eigenvalue weighted by atomic mass is 32.1. The molecule has 1 unspecified atom stereocenters. The molecule has 2 aromatic rings. The average Bonchev–Trinajstić information content (AvgIpc) is 3.14. The van der Waals surface area contributed by atoms with Crippen LogP contribution >= 0.6 is 22.7 Å². The number of hydrogen-bond donors (Lipinski definition) is 2. The van der Waals surface area contributed by atoms with Gasteiger partial charge in [0, 0.05) is 16.3 Å². The lowest BCUT2D eigenvalue weighted by Gasteiger charge is -2.21. The van der Waals surface area contributed by atoms with Gasteiger partial charge < -0.3 is 5.32 Å². The molecule has 0 aromatic carbocycles. The average molecular weight is 308 g/mol. The van der Waals surface area contributed by atoms with E-state index in [4.69, 9.17) is 0 Å². The van der Waals surface area contributed by atoms with Crippen molar-refractivity contribution in [3.05, 3.63) is 44.8 Å². The summed E-state index contributed by atoms with van der Waals surface area (Å²) in [5.74, 6) is 0.0602. The second-order valence-electron chi connectivity index (χ2n) is 4.64. The van der Waals surface area contributed by atoms with Gasteiger partial charge in [-0.3, -0.25) is 10.1 Å². The highest BCUT2D eigenvalue weighted by Gasteiger charge is 2.21. The molecule has 2 N–H and O–H groups in total. The molecule has 2 rings (SSSR count). The maximum Gasteiger partial charge on any atom is 0.236 e. The van der Waals surface area contributed by atoms with Crippen LogP contribution in [0.15, 0.2) is 35.0 Å². The van der Waals surface area contributed by atoms with E-state index in [0.717, 1.165) is 13.0 Å². The molecule has 0 spiro atoms. The molecule has 0 fully saturated rings. The highest BCUT2D eigenvalue weighted by Crippen LogP contribution is 2.29. The minimum atomic E-state index is -0.212. The summed E-state index contributed by atoms with van der Waals surface area (Å²) in [6.45, 7) is 4.70. The molecule has 20 heavy (non-hydrogen) atoms. The van der Waals surface area contributed by atoms with Crippen LogP contribution in [0, 0.1) is 0 Å². The van der Waals surface area contributed by atoms with Gasteiger partial charge in [0.2, 0.25) is 5.91 Å². The van der Waals surface area contributed by atoms with E-state index < -0.39 is 0 Å². The summed E-state index contributed by atoms with van der Waals surface area (Å²) < 4.78 is 0. The van der Waals surface area contributed by atoms with Crippen molar-refractivity contribution in [2.75, 3.05) is 6.54 Å². The van der Waals surface area contributed by atoms with Crippen molar-refractivity contribution in [3.63, 3.8) is 0 Å². The molecule has 0 aliphatic heterocycles. The van der Waals surface area contributed by atoms with E-state index in [1.807, 2.05) is 19.1 Å². The van der Waals surface area contributed by atoms with E-state index in [0.29, 0.717) is 0 Å². The number of carbonyl (C=O) groups is 1. The zero-order valence-electron chi connectivity index (χ0n) is 11.8. The summed E-state index contributed by atoms with van der Waals surface area (Å²) in [7, 11) is 0. The number of nitrogens with one attached hydrogen (secondary N) is 2. The van der Waals surface area contributed by atoms with Gasteiger partial charge >= 0.3 is 0 Å². The first-order valence-corrected chi connectivity index (χ1v) is 8.59. The molecule has 1 atom stereocenters. The molecule has 1 amide bonds. The minimum Gasteiger partial charge on any atom is -0.355 e. The number of hydrogen-bond acceptors (Lipinski definition) is 4. The van der Waals surface area contributed by atoms with Crippen molar-refractivity contribution >= 4 is 28.6 Å². The Bertz CT molecular complexity index is 474. The predicted molar refractivity (Wildman–Crippen MR) is 86.4 cm³/mol. The maximum absolute atomic E-state index is 12.0. The summed E-state index contributed by atoms with van der Waals surface area (Å²) >= 11 is 3.43. The fourth-order valence-electron chi connectivity index (χ4n) is 1.94. The summed E-state index contributed by atoms with van der Waals surface area (Å²) in [6, 6.07) is 8.19. The van der Waals surface area contributed by atoms with Crippen LogP contribution in [0.5, 0.6) is 0 Å². The first-order chi connectivity index (χ1) is 9.72. The second kappa shape index (κ2) is 7.57. The summed E-state index contributed by atoms with van der Waals surface area (Å²) in [5, 5.41) is 10.5. The Balaban J connectivity index is 2.07. The molecule has 2 aromatic heterocycles. The van der Waals surface area contributed by atoms with Crippen molar-refractivity contribution in [2.24, 2.45) is 0 Å². The van der Waals surface area contributed by atoms with Crippen LogP contribution in [0.25, 0.3) is 0 Å². The van der Waals surface area contributed by atoms with Gasteiger partial charge in [-0.2, -0.15) is 0 Å². The fourth-order valence-corrected chi connectivity index (χ4v) is 3.62. The lowest BCUT2D eigenvalue weighted by Crippen LogP contribution is -2.43. The van der Waals surface area contributed by atoms with E-state index in [1.54, 1.807) is 22.7 Å². The summed E-state index contributed by atoms with van der Waals surface area (Å²) in [6.07, 6.45) is 0.956. The molecule has 108 valence electrons. The third-order valence-electron chi connectivity index (χ3n) is 3.01. The quantitative estimate of drug-likeness (QED) is 0.823. The Kier molecular flexibility index (Phi) is 5.76. The Hall–Kier alpha value is -1.17. The predicted octanol–water partition coefficient (Wildman–Crippen LogP) is 3.40. The SMILES string of the molecule is CCCNC(=O)C(C)NC(c1cccs1)c1cccs1. The molecule has 0 saturated heterocycles. The highest BCUT2D eigenvalue weighted by molar-refractivity contribution is 7.11. The Labute approximate surface area is 128 Å². The standard InChI is InChI=1S/C15H20N2OS2/c1-3-8-16-15(18)11(2)17-14(12-6-4-9-19-12)13-7-5-10-20-13/h4-7,9-11,14,17H,3,8H2,1-2H3,(H,16,18).